The number of rotatable bonds is 5. The van der Waals surface area contributed by atoms with Crippen LogP contribution in [0.4, 0.5) is 11.4 Å². The lowest BCUT2D eigenvalue weighted by molar-refractivity contribution is 0.0637. The van der Waals surface area contributed by atoms with Gasteiger partial charge in [0.05, 0.1) is 17.9 Å². The lowest BCUT2D eigenvalue weighted by Crippen LogP contribution is -2.22. The standard InChI is InChI=1S/C12H19N3O3S/c1-9-5-6-12(18-9)8-14-10-3-2-4-11(7-10)15-19(13,16)17/h2-4,7,9,12,14-15H,5-6,8H2,1H3,(H2,13,16,17). The van der Waals surface area contributed by atoms with Crippen molar-refractivity contribution in [3.05, 3.63) is 24.3 Å². The molecule has 0 aromatic heterocycles. The zero-order chi connectivity index (χ0) is 13.9. The van der Waals surface area contributed by atoms with Gasteiger partial charge in [-0.15, -0.1) is 0 Å². The van der Waals surface area contributed by atoms with E-state index in [0.717, 1.165) is 18.5 Å². The molecule has 0 aliphatic carbocycles. The van der Waals surface area contributed by atoms with Crippen LogP contribution < -0.4 is 15.2 Å². The highest BCUT2D eigenvalue weighted by Gasteiger charge is 2.21. The molecule has 7 heteroatoms. The zero-order valence-electron chi connectivity index (χ0n) is 10.8. The van der Waals surface area contributed by atoms with Crippen molar-refractivity contribution in [2.24, 2.45) is 5.14 Å². The SMILES string of the molecule is CC1CCC(CNc2cccc(NS(N)(=O)=O)c2)O1. The molecule has 0 amide bonds. The summed E-state index contributed by atoms with van der Waals surface area (Å²) in [6.07, 6.45) is 2.66. The molecule has 1 aliphatic heterocycles. The Balaban J connectivity index is 1.92. The lowest BCUT2D eigenvalue weighted by atomic mass is 10.2. The number of nitrogens with two attached hydrogens (primary N) is 1. The predicted molar refractivity (Wildman–Crippen MR) is 75.2 cm³/mol. The molecule has 0 spiro atoms. The third-order valence-corrected chi connectivity index (χ3v) is 3.50. The van der Waals surface area contributed by atoms with Crippen molar-refractivity contribution < 1.29 is 13.2 Å². The van der Waals surface area contributed by atoms with Gasteiger partial charge in [0.1, 0.15) is 0 Å². The lowest BCUT2D eigenvalue weighted by Gasteiger charge is -2.14. The molecule has 0 saturated carbocycles. The molecule has 1 fully saturated rings. The number of nitrogens with one attached hydrogen (secondary N) is 2. The third-order valence-electron chi connectivity index (χ3n) is 2.98. The van der Waals surface area contributed by atoms with Crippen molar-refractivity contribution in [3.8, 4) is 0 Å². The van der Waals surface area contributed by atoms with Gasteiger partial charge in [-0.05, 0) is 38.0 Å². The van der Waals surface area contributed by atoms with Gasteiger partial charge in [-0.25, -0.2) is 5.14 Å². The van der Waals surface area contributed by atoms with Gasteiger partial charge in [0.15, 0.2) is 0 Å². The van der Waals surface area contributed by atoms with Crippen molar-refractivity contribution in [1.82, 2.24) is 0 Å². The molecule has 4 N–H and O–H groups in total. The van der Waals surface area contributed by atoms with E-state index in [1.54, 1.807) is 18.2 Å². The molecular formula is C12H19N3O3S. The predicted octanol–water partition coefficient (Wildman–Crippen LogP) is 1.28. The van der Waals surface area contributed by atoms with E-state index in [2.05, 4.69) is 17.0 Å². The Bertz CT molecular complexity index is 533. The van der Waals surface area contributed by atoms with E-state index in [-0.39, 0.29) is 6.10 Å². The summed E-state index contributed by atoms with van der Waals surface area (Å²) in [5.74, 6) is 0. The molecule has 1 aliphatic rings. The molecule has 2 unspecified atom stereocenters. The summed E-state index contributed by atoms with van der Waals surface area (Å²) >= 11 is 0. The minimum atomic E-state index is -3.73. The minimum absolute atomic E-state index is 0.213. The first-order chi connectivity index (χ1) is 8.92. The molecule has 1 saturated heterocycles. The minimum Gasteiger partial charge on any atom is -0.382 e. The van der Waals surface area contributed by atoms with Gasteiger partial charge in [0.25, 0.3) is 10.2 Å². The van der Waals surface area contributed by atoms with Crippen LogP contribution in [0.25, 0.3) is 0 Å². The number of hydrogen-bond donors (Lipinski definition) is 3. The maximum atomic E-state index is 10.9. The van der Waals surface area contributed by atoms with Crippen molar-refractivity contribution in [2.45, 2.75) is 32.0 Å². The largest absolute Gasteiger partial charge is 0.382 e. The average molecular weight is 285 g/mol. The molecule has 1 aromatic rings. The maximum Gasteiger partial charge on any atom is 0.296 e. The molecule has 1 heterocycles. The summed E-state index contributed by atoms with van der Waals surface area (Å²) in [5.41, 5.74) is 1.27. The van der Waals surface area contributed by atoms with Crippen LogP contribution in [-0.2, 0) is 14.9 Å². The smallest absolute Gasteiger partial charge is 0.296 e. The van der Waals surface area contributed by atoms with Crippen LogP contribution in [-0.4, -0.2) is 27.2 Å². The normalized spacial score (nSPS) is 23.3. The zero-order valence-corrected chi connectivity index (χ0v) is 11.6. The van der Waals surface area contributed by atoms with Gasteiger partial charge >= 0.3 is 0 Å². The van der Waals surface area contributed by atoms with E-state index in [9.17, 15) is 8.42 Å². The fourth-order valence-corrected chi connectivity index (χ4v) is 2.58. The molecular weight excluding hydrogens is 266 g/mol. The summed E-state index contributed by atoms with van der Waals surface area (Å²) in [6, 6.07) is 6.97. The molecule has 2 atom stereocenters. The number of ether oxygens (including phenoxy) is 1. The summed E-state index contributed by atoms with van der Waals surface area (Å²) in [5, 5.41) is 8.16. The van der Waals surface area contributed by atoms with Crippen LogP contribution in [0.5, 0.6) is 0 Å². The molecule has 6 nitrogen and oxygen atoms in total. The van der Waals surface area contributed by atoms with E-state index < -0.39 is 10.2 Å². The fourth-order valence-electron chi connectivity index (χ4n) is 2.12. The number of benzene rings is 1. The highest BCUT2D eigenvalue weighted by molar-refractivity contribution is 7.90. The van der Waals surface area contributed by atoms with Crippen LogP contribution in [0, 0.1) is 0 Å². The molecule has 0 radical (unpaired) electrons. The van der Waals surface area contributed by atoms with Gasteiger partial charge < -0.3 is 10.1 Å². The Morgan fingerprint density at radius 2 is 2.11 bits per heavy atom. The van der Waals surface area contributed by atoms with Crippen LogP contribution >= 0.6 is 0 Å². The van der Waals surface area contributed by atoms with Crippen LogP contribution in [0.1, 0.15) is 19.8 Å². The summed E-state index contributed by atoms with van der Waals surface area (Å²) in [4.78, 5) is 0. The van der Waals surface area contributed by atoms with Gasteiger partial charge in [-0.1, -0.05) is 6.07 Å². The van der Waals surface area contributed by atoms with E-state index in [0.29, 0.717) is 18.3 Å². The maximum absolute atomic E-state index is 10.9. The van der Waals surface area contributed by atoms with Crippen LogP contribution in [0.3, 0.4) is 0 Å². The van der Waals surface area contributed by atoms with Gasteiger partial charge in [0, 0.05) is 12.2 Å². The second-order valence-corrected chi connectivity index (χ2v) is 6.05. The Morgan fingerprint density at radius 3 is 2.74 bits per heavy atom. The van der Waals surface area contributed by atoms with Gasteiger partial charge in [-0.3, -0.25) is 4.72 Å². The van der Waals surface area contributed by atoms with Gasteiger partial charge in [0.2, 0.25) is 0 Å². The fraction of sp³-hybridized carbons (Fsp3) is 0.500. The van der Waals surface area contributed by atoms with Gasteiger partial charge in [-0.2, -0.15) is 8.42 Å². The Morgan fingerprint density at radius 1 is 1.37 bits per heavy atom. The Kier molecular flexibility index (Phi) is 4.28. The molecule has 106 valence electrons. The topological polar surface area (TPSA) is 93.5 Å². The second kappa shape index (κ2) is 5.77. The molecule has 2 rings (SSSR count). The van der Waals surface area contributed by atoms with E-state index in [1.807, 2.05) is 6.07 Å². The average Bonchev–Trinajstić information content (AvgIpc) is 2.71. The number of hydrogen-bond acceptors (Lipinski definition) is 4. The second-order valence-electron chi connectivity index (χ2n) is 4.75. The monoisotopic (exact) mass is 285 g/mol. The first-order valence-electron chi connectivity index (χ1n) is 6.22. The van der Waals surface area contributed by atoms with E-state index in [4.69, 9.17) is 9.88 Å². The first kappa shape index (κ1) is 14.1. The van der Waals surface area contributed by atoms with E-state index in [1.165, 1.54) is 0 Å². The van der Waals surface area contributed by atoms with Crippen molar-refractivity contribution in [2.75, 3.05) is 16.6 Å². The van der Waals surface area contributed by atoms with Crippen molar-refractivity contribution >= 4 is 21.6 Å². The van der Waals surface area contributed by atoms with Crippen LogP contribution in [0.2, 0.25) is 0 Å². The highest BCUT2D eigenvalue weighted by Crippen LogP contribution is 2.20. The molecule has 1 aromatic carbocycles. The quantitative estimate of drug-likeness (QED) is 0.759. The van der Waals surface area contributed by atoms with Crippen molar-refractivity contribution in [3.63, 3.8) is 0 Å². The Hall–Kier alpha value is -1.31. The Labute approximate surface area is 113 Å². The molecule has 0 bridgehead atoms. The van der Waals surface area contributed by atoms with Crippen LogP contribution in [0.15, 0.2) is 24.3 Å². The molecule has 19 heavy (non-hydrogen) atoms. The first-order valence-corrected chi connectivity index (χ1v) is 7.77. The third kappa shape index (κ3) is 4.70. The summed E-state index contributed by atoms with van der Waals surface area (Å²) in [6.45, 7) is 2.78. The summed E-state index contributed by atoms with van der Waals surface area (Å²) in [7, 11) is -3.73. The summed E-state index contributed by atoms with van der Waals surface area (Å²) < 4.78 is 29.8. The highest BCUT2D eigenvalue weighted by atomic mass is 32.2. The number of anilines is 2. The van der Waals surface area contributed by atoms with Crippen molar-refractivity contribution in [1.29, 1.82) is 0 Å². The van der Waals surface area contributed by atoms with E-state index >= 15 is 0 Å².